The summed E-state index contributed by atoms with van der Waals surface area (Å²) in [5.41, 5.74) is 5.20. The van der Waals surface area contributed by atoms with Crippen LogP contribution in [0, 0.1) is 5.92 Å². The molecule has 0 aromatic heterocycles. The van der Waals surface area contributed by atoms with Crippen LogP contribution >= 0.6 is 0 Å². The summed E-state index contributed by atoms with van der Waals surface area (Å²) in [6.45, 7) is 7.55. The van der Waals surface area contributed by atoms with Crippen LogP contribution < -0.4 is 11.1 Å². The molecule has 2 rings (SSSR count). The highest BCUT2D eigenvalue weighted by molar-refractivity contribution is 5.85. The summed E-state index contributed by atoms with van der Waals surface area (Å²) in [4.78, 5) is 14.4. The molecule has 1 aliphatic heterocycles. The van der Waals surface area contributed by atoms with Crippen molar-refractivity contribution in [1.29, 1.82) is 0 Å². The van der Waals surface area contributed by atoms with E-state index in [1.54, 1.807) is 0 Å². The van der Waals surface area contributed by atoms with Crippen LogP contribution in [0.3, 0.4) is 0 Å². The second kappa shape index (κ2) is 6.23. The van der Waals surface area contributed by atoms with E-state index in [0.29, 0.717) is 6.04 Å². The van der Waals surface area contributed by atoms with E-state index in [9.17, 15) is 4.79 Å². The Morgan fingerprint density at radius 1 is 1.42 bits per heavy atom. The van der Waals surface area contributed by atoms with Gasteiger partial charge in [-0.15, -0.1) is 0 Å². The largest absolute Gasteiger partial charge is 0.368 e. The lowest BCUT2D eigenvalue weighted by Gasteiger charge is -2.37. The molecule has 1 saturated carbocycles. The van der Waals surface area contributed by atoms with Gasteiger partial charge in [0, 0.05) is 12.6 Å². The third kappa shape index (κ3) is 3.11. The quantitative estimate of drug-likeness (QED) is 0.793. The van der Waals surface area contributed by atoms with Crippen molar-refractivity contribution in [2.24, 2.45) is 11.7 Å². The number of primary amides is 1. The molecule has 2 fully saturated rings. The summed E-state index contributed by atoms with van der Waals surface area (Å²) in [6, 6.07) is 0.542. The van der Waals surface area contributed by atoms with Gasteiger partial charge in [0.1, 0.15) is 0 Å². The monoisotopic (exact) mass is 267 g/mol. The molecule has 0 aromatic rings. The lowest BCUT2D eigenvalue weighted by molar-refractivity contribution is -0.124. The number of likely N-dealkylation sites (N-methyl/N-ethyl adjacent to an activating group) is 1. The predicted octanol–water partition coefficient (Wildman–Crippen LogP) is 1.49. The maximum atomic E-state index is 11.8. The molecule has 1 heterocycles. The van der Waals surface area contributed by atoms with Crippen molar-refractivity contribution in [3.05, 3.63) is 0 Å². The number of nitrogens with two attached hydrogens (primary N) is 1. The third-order valence-electron chi connectivity index (χ3n) is 5.12. The van der Waals surface area contributed by atoms with Gasteiger partial charge in [-0.25, -0.2) is 0 Å². The average molecular weight is 267 g/mol. The number of amides is 1. The predicted molar refractivity (Wildman–Crippen MR) is 77.8 cm³/mol. The zero-order valence-corrected chi connectivity index (χ0v) is 12.5. The lowest BCUT2D eigenvalue weighted by Crippen LogP contribution is -2.55. The first-order chi connectivity index (χ1) is 9.11. The minimum absolute atomic E-state index is 0.166. The average Bonchev–Trinajstić information content (AvgIpc) is 2.85. The molecule has 3 atom stereocenters. The third-order valence-corrected chi connectivity index (χ3v) is 5.12. The Labute approximate surface area is 117 Å². The number of rotatable bonds is 5. The summed E-state index contributed by atoms with van der Waals surface area (Å²) in [7, 11) is 0. The molecule has 1 aliphatic carbocycles. The van der Waals surface area contributed by atoms with E-state index < -0.39 is 5.54 Å². The van der Waals surface area contributed by atoms with E-state index in [2.05, 4.69) is 17.1 Å². The maximum absolute atomic E-state index is 11.8. The summed E-state index contributed by atoms with van der Waals surface area (Å²) >= 11 is 0. The summed E-state index contributed by atoms with van der Waals surface area (Å²) in [5, 5.41) is 3.35. The van der Waals surface area contributed by atoms with Gasteiger partial charge >= 0.3 is 0 Å². The first kappa shape index (κ1) is 14.8. The first-order valence-electron chi connectivity index (χ1n) is 7.90. The Kier molecular flexibility index (Phi) is 4.85. The molecule has 0 radical (unpaired) electrons. The number of carbonyl (C=O) groups excluding carboxylic acids is 1. The van der Waals surface area contributed by atoms with Crippen molar-refractivity contribution in [1.82, 2.24) is 10.2 Å². The topological polar surface area (TPSA) is 58.4 Å². The Bertz CT molecular complexity index is 321. The smallest absolute Gasteiger partial charge is 0.237 e. The number of carbonyl (C=O) groups is 1. The van der Waals surface area contributed by atoms with Crippen molar-refractivity contribution in [2.75, 3.05) is 19.6 Å². The van der Waals surface area contributed by atoms with Crippen molar-refractivity contribution < 1.29 is 4.79 Å². The summed E-state index contributed by atoms with van der Waals surface area (Å²) in [6.07, 6.45) is 6.85. The van der Waals surface area contributed by atoms with Gasteiger partial charge in [-0.2, -0.15) is 0 Å². The Morgan fingerprint density at radius 3 is 2.84 bits per heavy atom. The molecule has 0 aromatic carbocycles. The van der Waals surface area contributed by atoms with Crippen LogP contribution in [0.2, 0.25) is 0 Å². The van der Waals surface area contributed by atoms with Crippen molar-refractivity contribution in [3.8, 4) is 0 Å². The van der Waals surface area contributed by atoms with Gasteiger partial charge in [0.05, 0.1) is 5.54 Å². The molecule has 3 N–H and O–H groups in total. The molecule has 2 aliphatic rings. The van der Waals surface area contributed by atoms with E-state index in [1.807, 2.05) is 6.92 Å². The van der Waals surface area contributed by atoms with E-state index in [4.69, 9.17) is 5.73 Å². The van der Waals surface area contributed by atoms with E-state index in [1.165, 1.54) is 32.4 Å². The molecule has 4 nitrogen and oxygen atoms in total. The van der Waals surface area contributed by atoms with Crippen LogP contribution in [-0.2, 0) is 4.79 Å². The molecular weight excluding hydrogens is 238 g/mol. The molecule has 110 valence electrons. The van der Waals surface area contributed by atoms with Crippen molar-refractivity contribution >= 4 is 5.91 Å². The molecule has 4 heteroatoms. The van der Waals surface area contributed by atoms with E-state index in [0.717, 1.165) is 31.7 Å². The van der Waals surface area contributed by atoms with Gasteiger partial charge < -0.3 is 16.0 Å². The Morgan fingerprint density at radius 2 is 2.21 bits per heavy atom. The lowest BCUT2D eigenvalue weighted by atomic mass is 9.93. The molecule has 0 bridgehead atoms. The molecule has 1 saturated heterocycles. The second-order valence-electron chi connectivity index (χ2n) is 6.28. The van der Waals surface area contributed by atoms with Crippen molar-refractivity contribution in [2.45, 2.75) is 64.0 Å². The van der Waals surface area contributed by atoms with Crippen LogP contribution in [0.5, 0.6) is 0 Å². The van der Waals surface area contributed by atoms with E-state index >= 15 is 0 Å². The van der Waals surface area contributed by atoms with Crippen LogP contribution in [0.15, 0.2) is 0 Å². The molecule has 0 spiro atoms. The number of likely N-dealkylation sites (tertiary alicyclic amines) is 1. The van der Waals surface area contributed by atoms with Gasteiger partial charge in [-0.1, -0.05) is 20.3 Å². The minimum Gasteiger partial charge on any atom is -0.368 e. The van der Waals surface area contributed by atoms with Crippen LogP contribution in [0.4, 0.5) is 0 Å². The normalized spacial score (nSPS) is 36.5. The highest BCUT2D eigenvalue weighted by atomic mass is 16.1. The van der Waals surface area contributed by atoms with Gasteiger partial charge in [-0.3, -0.25) is 4.79 Å². The van der Waals surface area contributed by atoms with Crippen molar-refractivity contribution in [3.63, 3.8) is 0 Å². The molecule has 1 amide bonds. The Balaban J connectivity index is 1.98. The summed E-state index contributed by atoms with van der Waals surface area (Å²) in [5.74, 6) is 0.678. The van der Waals surface area contributed by atoms with Gasteiger partial charge in [0.25, 0.3) is 0 Å². The first-order valence-corrected chi connectivity index (χ1v) is 7.90. The maximum Gasteiger partial charge on any atom is 0.237 e. The van der Waals surface area contributed by atoms with Gasteiger partial charge in [-0.05, 0) is 51.1 Å². The fraction of sp³-hybridized carbons (Fsp3) is 0.933. The molecular formula is C15H29N3O. The number of hydrogen-bond acceptors (Lipinski definition) is 3. The SMILES string of the molecule is CCNC1(C(N)=O)CCC(N2CCCC(CC)C2)C1. The van der Waals surface area contributed by atoms with Crippen LogP contribution in [0.1, 0.15) is 52.4 Å². The second-order valence-corrected chi connectivity index (χ2v) is 6.28. The van der Waals surface area contributed by atoms with E-state index in [-0.39, 0.29) is 5.91 Å². The standard InChI is InChI=1S/C15H29N3O/c1-3-12-6-5-9-18(11-12)13-7-8-15(10-13,14(16)19)17-4-2/h12-13,17H,3-11H2,1-2H3,(H2,16,19). The van der Waals surface area contributed by atoms with Gasteiger partial charge in [0.2, 0.25) is 5.91 Å². The fourth-order valence-electron chi connectivity index (χ4n) is 3.90. The highest BCUT2D eigenvalue weighted by Gasteiger charge is 2.45. The van der Waals surface area contributed by atoms with Gasteiger partial charge in [0.15, 0.2) is 0 Å². The fourth-order valence-corrected chi connectivity index (χ4v) is 3.90. The highest BCUT2D eigenvalue weighted by Crippen LogP contribution is 2.35. The molecule has 3 unspecified atom stereocenters. The Hall–Kier alpha value is -0.610. The minimum atomic E-state index is -0.446. The van der Waals surface area contributed by atoms with Crippen LogP contribution in [0.25, 0.3) is 0 Å². The van der Waals surface area contributed by atoms with Crippen LogP contribution in [-0.4, -0.2) is 42.0 Å². The number of piperidine rings is 1. The zero-order chi connectivity index (χ0) is 13.9. The number of nitrogens with zero attached hydrogens (tertiary/aromatic N) is 1. The number of nitrogens with one attached hydrogen (secondary N) is 1. The molecule has 19 heavy (non-hydrogen) atoms. The number of hydrogen-bond donors (Lipinski definition) is 2. The zero-order valence-electron chi connectivity index (χ0n) is 12.5. The summed E-state index contributed by atoms with van der Waals surface area (Å²) < 4.78 is 0.